The molecule has 0 spiro atoms. The first-order valence-corrected chi connectivity index (χ1v) is 13.3. The Morgan fingerprint density at radius 2 is 1.68 bits per heavy atom. The molecule has 5 aliphatic carbocycles. The van der Waals surface area contributed by atoms with E-state index in [1.54, 1.807) is 5.57 Å². The van der Waals surface area contributed by atoms with E-state index in [2.05, 4.69) is 54.5 Å². The Morgan fingerprint density at radius 3 is 2.39 bits per heavy atom. The maximum Gasteiger partial charge on any atom is 0.136 e. The van der Waals surface area contributed by atoms with Gasteiger partial charge in [0.2, 0.25) is 0 Å². The van der Waals surface area contributed by atoms with Gasteiger partial charge in [0.05, 0.1) is 6.10 Å². The van der Waals surface area contributed by atoms with Crippen LogP contribution in [0, 0.1) is 57.2 Å². The summed E-state index contributed by atoms with van der Waals surface area (Å²) in [6.45, 7) is 17.1. The standard InChI is InChI=1S/C29H46O2/c1-17-10-13-27(5)24(31)16-29(7)21(25(27)18(17)2)8-9-23-26(4)14-12-22(30)19(3)20(26)11-15-28(23,29)6/h8,17-20,23-25,31H,9-16H2,1-7H3/t17-,18+,19?,20+,23-,24+,25+,26+,27-,28-,29-/m1/s1. The number of aliphatic hydroxyl groups is 1. The van der Waals surface area contributed by atoms with E-state index in [9.17, 15) is 9.90 Å². The molecule has 0 aromatic heterocycles. The van der Waals surface area contributed by atoms with E-state index < -0.39 is 0 Å². The van der Waals surface area contributed by atoms with Gasteiger partial charge in [0.25, 0.3) is 0 Å². The van der Waals surface area contributed by atoms with Crippen LogP contribution in [0.25, 0.3) is 0 Å². The summed E-state index contributed by atoms with van der Waals surface area (Å²) < 4.78 is 0. The summed E-state index contributed by atoms with van der Waals surface area (Å²) in [5.41, 5.74) is 2.28. The number of aliphatic hydroxyl groups excluding tert-OH is 1. The maximum absolute atomic E-state index is 12.6. The zero-order chi connectivity index (χ0) is 22.6. The second-order valence-corrected chi connectivity index (χ2v) is 13.7. The molecule has 0 amide bonds. The Labute approximate surface area is 190 Å². The molecule has 11 atom stereocenters. The highest BCUT2D eigenvalue weighted by molar-refractivity contribution is 5.82. The zero-order valence-corrected chi connectivity index (χ0v) is 21.1. The van der Waals surface area contributed by atoms with Gasteiger partial charge in [-0.05, 0) is 90.8 Å². The largest absolute Gasteiger partial charge is 0.393 e. The highest BCUT2D eigenvalue weighted by Gasteiger charge is 2.68. The van der Waals surface area contributed by atoms with Crippen LogP contribution in [0.15, 0.2) is 11.6 Å². The monoisotopic (exact) mass is 426 g/mol. The maximum atomic E-state index is 12.6. The molecule has 31 heavy (non-hydrogen) atoms. The Balaban J connectivity index is 1.61. The summed E-state index contributed by atoms with van der Waals surface area (Å²) in [6.07, 6.45) is 11.2. The van der Waals surface area contributed by atoms with Crippen molar-refractivity contribution < 1.29 is 9.90 Å². The van der Waals surface area contributed by atoms with Crippen LogP contribution in [0.1, 0.15) is 99.8 Å². The summed E-state index contributed by atoms with van der Waals surface area (Å²) in [5, 5.41) is 11.7. The Kier molecular flexibility index (Phi) is 4.80. The van der Waals surface area contributed by atoms with Gasteiger partial charge in [-0.3, -0.25) is 4.79 Å². The quantitative estimate of drug-likeness (QED) is 0.432. The number of Topliss-reactive ketones (excluding diaryl/α,β-unsaturated/α-hetero) is 1. The van der Waals surface area contributed by atoms with Crippen LogP contribution in [0.2, 0.25) is 0 Å². The average molecular weight is 427 g/mol. The second kappa shape index (κ2) is 6.71. The molecule has 2 nitrogen and oxygen atoms in total. The number of hydrogen-bond donors (Lipinski definition) is 1. The van der Waals surface area contributed by atoms with Gasteiger partial charge in [-0.15, -0.1) is 0 Å². The SMILES string of the molecule is CC1C(=O)CC[C@]2(C)[C@H]3CC=C4[C@@H]5[C@@H](C)[C@H](C)CC[C@]5(C)[C@@H](O)C[C@@]4(C)[C@]3(C)CC[C@@H]12. The molecule has 0 aliphatic heterocycles. The van der Waals surface area contributed by atoms with Gasteiger partial charge < -0.3 is 5.11 Å². The summed E-state index contributed by atoms with van der Waals surface area (Å²) >= 11 is 0. The highest BCUT2D eigenvalue weighted by atomic mass is 16.3. The summed E-state index contributed by atoms with van der Waals surface area (Å²) in [7, 11) is 0. The molecule has 0 aromatic rings. The van der Waals surface area contributed by atoms with Crippen molar-refractivity contribution >= 4 is 5.78 Å². The van der Waals surface area contributed by atoms with Crippen LogP contribution in [0.4, 0.5) is 0 Å². The Morgan fingerprint density at radius 1 is 0.968 bits per heavy atom. The summed E-state index contributed by atoms with van der Waals surface area (Å²) in [6, 6.07) is 0. The fraction of sp³-hybridized carbons (Fsp3) is 0.897. The molecule has 1 unspecified atom stereocenters. The number of hydrogen-bond acceptors (Lipinski definition) is 2. The fourth-order valence-corrected chi connectivity index (χ4v) is 10.3. The van der Waals surface area contributed by atoms with Gasteiger partial charge in [0.1, 0.15) is 5.78 Å². The molecule has 0 heterocycles. The minimum absolute atomic E-state index is 0.0351. The van der Waals surface area contributed by atoms with Crippen LogP contribution in [-0.2, 0) is 4.79 Å². The van der Waals surface area contributed by atoms with E-state index in [1.165, 1.54) is 25.7 Å². The number of allylic oxidation sites excluding steroid dienone is 2. The molecule has 1 N–H and O–H groups in total. The van der Waals surface area contributed by atoms with Crippen molar-refractivity contribution in [3.05, 3.63) is 11.6 Å². The van der Waals surface area contributed by atoms with Crippen molar-refractivity contribution in [2.75, 3.05) is 0 Å². The molecule has 5 aliphatic rings. The first kappa shape index (κ1) is 22.2. The average Bonchev–Trinajstić information content (AvgIpc) is 2.70. The highest BCUT2D eigenvalue weighted by Crippen LogP contribution is 2.74. The van der Waals surface area contributed by atoms with E-state index in [4.69, 9.17) is 0 Å². The van der Waals surface area contributed by atoms with Gasteiger partial charge >= 0.3 is 0 Å². The van der Waals surface area contributed by atoms with Crippen LogP contribution in [-0.4, -0.2) is 17.0 Å². The van der Waals surface area contributed by atoms with Crippen LogP contribution >= 0.6 is 0 Å². The van der Waals surface area contributed by atoms with E-state index in [0.29, 0.717) is 29.5 Å². The Hall–Kier alpha value is -0.630. The number of carbonyl (C=O) groups is 1. The number of ketones is 1. The van der Waals surface area contributed by atoms with Crippen molar-refractivity contribution in [2.45, 2.75) is 106 Å². The number of fused-ring (bicyclic) bond motifs is 7. The van der Waals surface area contributed by atoms with Gasteiger partial charge in [0, 0.05) is 17.8 Å². The third-order valence-electron chi connectivity index (χ3n) is 12.8. The molecule has 174 valence electrons. The lowest BCUT2D eigenvalue weighted by molar-refractivity contribution is -0.190. The molecular weight excluding hydrogens is 380 g/mol. The lowest BCUT2D eigenvalue weighted by atomic mass is 9.34. The first-order valence-electron chi connectivity index (χ1n) is 13.3. The molecule has 0 bridgehead atoms. The molecule has 0 aromatic carbocycles. The van der Waals surface area contributed by atoms with Crippen LogP contribution in [0.5, 0.6) is 0 Å². The summed E-state index contributed by atoms with van der Waals surface area (Å²) in [5.74, 6) is 3.77. The zero-order valence-electron chi connectivity index (χ0n) is 21.1. The van der Waals surface area contributed by atoms with E-state index in [1.807, 2.05) is 0 Å². The normalized spacial score (nSPS) is 59.0. The molecule has 2 heteroatoms. The third-order valence-corrected chi connectivity index (χ3v) is 12.8. The molecule has 0 radical (unpaired) electrons. The molecule has 5 rings (SSSR count). The number of carbonyl (C=O) groups excluding carboxylic acids is 1. The third kappa shape index (κ3) is 2.58. The fourth-order valence-electron chi connectivity index (χ4n) is 10.3. The van der Waals surface area contributed by atoms with Gasteiger partial charge in [-0.2, -0.15) is 0 Å². The van der Waals surface area contributed by atoms with E-state index >= 15 is 0 Å². The lowest BCUT2D eigenvalue weighted by Crippen LogP contribution is -2.65. The minimum Gasteiger partial charge on any atom is -0.393 e. The second-order valence-electron chi connectivity index (χ2n) is 13.7. The lowest BCUT2D eigenvalue weighted by Gasteiger charge is -2.71. The van der Waals surface area contributed by atoms with E-state index in [0.717, 1.165) is 31.6 Å². The van der Waals surface area contributed by atoms with Crippen molar-refractivity contribution in [2.24, 2.45) is 57.2 Å². The Bertz CT molecular complexity index is 814. The minimum atomic E-state index is -0.206. The summed E-state index contributed by atoms with van der Waals surface area (Å²) in [4.78, 5) is 12.6. The van der Waals surface area contributed by atoms with Gasteiger partial charge in [0.15, 0.2) is 0 Å². The van der Waals surface area contributed by atoms with E-state index in [-0.39, 0.29) is 33.7 Å². The van der Waals surface area contributed by atoms with Gasteiger partial charge in [-0.25, -0.2) is 0 Å². The number of rotatable bonds is 0. The molecule has 4 fully saturated rings. The predicted molar refractivity (Wildman–Crippen MR) is 126 cm³/mol. The van der Waals surface area contributed by atoms with Gasteiger partial charge in [-0.1, -0.05) is 60.1 Å². The molecule has 4 saturated carbocycles. The first-order chi connectivity index (χ1) is 14.4. The van der Waals surface area contributed by atoms with Crippen LogP contribution < -0.4 is 0 Å². The predicted octanol–water partition coefficient (Wildman–Crippen LogP) is 6.81. The smallest absolute Gasteiger partial charge is 0.136 e. The van der Waals surface area contributed by atoms with Crippen molar-refractivity contribution in [1.82, 2.24) is 0 Å². The topological polar surface area (TPSA) is 37.3 Å². The van der Waals surface area contributed by atoms with Crippen LogP contribution in [0.3, 0.4) is 0 Å². The van der Waals surface area contributed by atoms with Crippen molar-refractivity contribution in [3.8, 4) is 0 Å². The molecular formula is C29H46O2. The molecule has 0 saturated heterocycles. The van der Waals surface area contributed by atoms with Crippen molar-refractivity contribution in [1.29, 1.82) is 0 Å². The van der Waals surface area contributed by atoms with Crippen molar-refractivity contribution in [3.63, 3.8) is 0 Å².